The summed E-state index contributed by atoms with van der Waals surface area (Å²) in [6, 6.07) is 13.2. The molecule has 6 heteroatoms. The van der Waals surface area contributed by atoms with E-state index in [4.69, 9.17) is 0 Å². The van der Waals surface area contributed by atoms with Crippen LogP contribution in [0.15, 0.2) is 67.3 Å². The lowest BCUT2D eigenvalue weighted by Gasteiger charge is -2.08. The molecule has 1 N–H and O–H groups in total. The first-order chi connectivity index (χ1) is 12.2. The average Bonchev–Trinajstić information content (AvgIpc) is 2.65. The van der Waals surface area contributed by atoms with Gasteiger partial charge < -0.3 is 5.32 Å². The smallest absolute Gasteiger partial charge is 0.166 e. The van der Waals surface area contributed by atoms with E-state index < -0.39 is 11.6 Å². The molecule has 0 bridgehead atoms. The maximum absolute atomic E-state index is 13.9. The fourth-order valence-electron chi connectivity index (χ4n) is 2.55. The van der Waals surface area contributed by atoms with Crippen LogP contribution in [0.1, 0.15) is 0 Å². The third kappa shape index (κ3) is 3.01. The molecule has 0 atom stereocenters. The van der Waals surface area contributed by atoms with E-state index in [0.29, 0.717) is 11.4 Å². The fraction of sp³-hybridized carbons (Fsp3) is 0. The van der Waals surface area contributed by atoms with Crippen molar-refractivity contribution in [3.63, 3.8) is 0 Å². The lowest BCUT2D eigenvalue weighted by atomic mass is 10.1. The molecule has 4 aromatic rings. The lowest BCUT2D eigenvalue weighted by molar-refractivity contribution is 0.511. The zero-order chi connectivity index (χ0) is 17.2. The molecule has 2 aromatic carbocycles. The Morgan fingerprint density at radius 3 is 2.64 bits per heavy atom. The number of benzene rings is 2. The van der Waals surface area contributed by atoms with Gasteiger partial charge >= 0.3 is 0 Å². The minimum atomic E-state index is -0.877. The number of rotatable bonds is 3. The van der Waals surface area contributed by atoms with Crippen LogP contribution in [-0.4, -0.2) is 15.0 Å². The van der Waals surface area contributed by atoms with E-state index in [-0.39, 0.29) is 5.56 Å². The molecule has 0 aliphatic rings. The highest BCUT2D eigenvalue weighted by Gasteiger charge is 2.10. The Hall–Kier alpha value is -3.41. The first-order valence-electron chi connectivity index (χ1n) is 7.58. The summed E-state index contributed by atoms with van der Waals surface area (Å²) in [6.45, 7) is 0. The van der Waals surface area contributed by atoms with E-state index in [1.54, 1.807) is 18.3 Å². The molecule has 0 aliphatic heterocycles. The average molecular weight is 334 g/mol. The van der Waals surface area contributed by atoms with Crippen LogP contribution in [0, 0.1) is 11.6 Å². The monoisotopic (exact) mass is 334 g/mol. The number of nitrogens with one attached hydrogen (secondary N) is 1. The summed E-state index contributed by atoms with van der Waals surface area (Å²) < 4.78 is 27.2. The zero-order valence-electron chi connectivity index (χ0n) is 12.9. The van der Waals surface area contributed by atoms with Crippen LogP contribution in [0.25, 0.3) is 22.0 Å². The lowest BCUT2D eigenvalue weighted by Crippen LogP contribution is -1.95. The maximum Gasteiger partial charge on any atom is 0.166 e. The highest BCUT2D eigenvalue weighted by atomic mass is 19.2. The second kappa shape index (κ2) is 6.24. The van der Waals surface area contributed by atoms with Gasteiger partial charge in [0, 0.05) is 34.6 Å². The summed E-state index contributed by atoms with van der Waals surface area (Å²) in [4.78, 5) is 12.5. The molecule has 4 rings (SSSR count). The first-order valence-corrected chi connectivity index (χ1v) is 7.58. The van der Waals surface area contributed by atoms with Crippen molar-refractivity contribution >= 4 is 22.4 Å². The van der Waals surface area contributed by atoms with E-state index in [0.717, 1.165) is 22.7 Å². The summed E-state index contributed by atoms with van der Waals surface area (Å²) in [5, 5.41) is 4.10. The van der Waals surface area contributed by atoms with E-state index in [9.17, 15) is 8.78 Å². The molecule has 0 fully saturated rings. The van der Waals surface area contributed by atoms with Gasteiger partial charge in [-0.1, -0.05) is 12.1 Å². The Morgan fingerprint density at radius 1 is 0.880 bits per heavy atom. The highest BCUT2D eigenvalue weighted by Crippen LogP contribution is 2.25. The van der Waals surface area contributed by atoms with Crippen LogP contribution in [0.3, 0.4) is 0 Å². The van der Waals surface area contributed by atoms with Crippen LogP contribution in [0.5, 0.6) is 0 Å². The Bertz CT molecular complexity index is 1050. The third-order valence-electron chi connectivity index (χ3n) is 3.81. The SMILES string of the molecule is Fc1cccc(-c2ccc(Nc3ccc4cncnc4c3)nc2)c1F. The molecule has 4 nitrogen and oxygen atoms in total. The van der Waals surface area contributed by atoms with Crippen LogP contribution < -0.4 is 5.32 Å². The quantitative estimate of drug-likeness (QED) is 0.589. The van der Waals surface area contributed by atoms with Crippen LogP contribution in [0.2, 0.25) is 0 Å². The maximum atomic E-state index is 13.9. The van der Waals surface area contributed by atoms with E-state index >= 15 is 0 Å². The van der Waals surface area contributed by atoms with Crippen LogP contribution in [0.4, 0.5) is 20.3 Å². The molecular weight excluding hydrogens is 322 g/mol. The molecule has 2 heterocycles. The van der Waals surface area contributed by atoms with Crippen molar-refractivity contribution in [1.29, 1.82) is 0 Å². The van der Waals surface area contributed by atoms with Gasteiger partial charge in [0.05, 0.1) is 5.52 Å². The van der Waals surface area contributed by atoms with Gasteiger partial charge in [-0.05, 0) is 36.4 Å². The number of nitrogens with zero attached hydrogens (tertiary/aromatic N) is 3. The fourth-order valence-corrected chi connectivity index (χ4v) is 2.55. The number of pyridine rings is 1. The standard InChI is InChI=1S/C19H12F2N4/c20-16-3-1-2-15(19(16)21)12-5-7-18(23-10-12)25-14-6-4-13-9-22-11-24-17(13)8-14/h1-11H,(H,23,25). The number of hydrogen-bond acceptors (Lipinski definition) is 4. The molecule has 0 saturated heterocycles. The molecule has 0 unspecified atom stereocenters. The molecular formula is C19H12F2N4. The highest BCUT2D eigenvalue weighted by molar-refractivity contribution is 5.82. The van der Waals surface area contributed by atoms with Gasteiger partial charge in [0.2, 0.25) is 0 Å². The minimum Gasteiger partial charge on any atom is -0.340 e. The number of fused-ring (bicyclic) bond motifs is 1. The van der Waals surface area contributed by atoms with Crippen molar-refractivity contribution in [3.05, 3.63) is 78.9 Å². The molecule has 0 amide bonds. The molecule has 122 valence electrons. The number of hydrogen-bond donors (Lipinski definition) is 1. The van der Waals surface area contributed by atoms with Gasteiger partial charge in [0.15, 0.2) is 11.6 Å². The first kappa shape index (κ1) is 15.1. The summed E-state index contributed by atoms with van der Waals surface area (Å²) >= 11 is 0. The second-order valence-corrected chi connectivity index (χ2v) is 5.45. The molecule has 0 aliphatic carbocycles. The van der Waals surface area contributed by atoms with Gasteiger partial charge in [-0.25, -0.2) is 23.7 Å². The van der Waals surface area contributed by atoms with E-state index in [2.05, 4.69) is 20.3 Å². The van der Waals surface area contributed by atoms with Crippen molar-refractivity contribution < 1.29 is 8.78 Å². The number of anilines is 2. The van der Waals surface area contributed by atoms with Crippen molar-refractivity contribution in [2.24, 2.45) is 0 Å². The topological polar surface area (TPSA) is 50.7 Å². The van der Waals surface area contributed by atoms with Gasteiger partial charge in [0.1, 0.15) is 12.1 Å². The normalized spacial score (nSPS) is 10.8. The Kier molecular flexibility index (Phi) is 3.78. The second-order valence-electron chi connectivity index (χ2n) is 5.45. The zero-order valence-corrected chi connectivity index (χ0v) is 12.9. The van der Waals surface area contributed by atoms with E-state index in [1.165, 1.54) is 24.7 Å². The summed E-state index contributed by atoms with van der Waals surface area (Å²) in [7, 11) is 0. The van der Waals surface area contributed by atoms with Gasteiger partial charge in [0.25, 0.3) is 0 Å². The third-order valence-corrected chi connectivity index (χ3v) is 3.81. The van der Waals surface area contributed by atoms with E-state index in [1.807, 2.05) is 18.2 Å². The van der Waals surface area contributed by atoms with Crippen LogP contribution >= 0.6 is 0 Å². The van der Waals surface area contributed by atoms with Gasteiger partial charge in [-0.2, -0.15) is 0 Å². The van der Waals surface area contributed by atoms with Crippen molar-refractivity contribution in [2.45, 2.75) is 0 Å². The minimum absolute atomic E-state index is 0.182. The largest absolute Gasteiger partial charge is 0.340 e. The molecule has 0 saturated carbocycles. The Labute approximate surface area is 142 Å². The van der Waals surface area contributed by atoms with Crippen LogP contribution in [-0.2, 0) is 0 Å². The Balaban J connectivity index is 1.60. The molecule has 2 aromatic heterocycles. The predicted octanol–water partition coefficient (Wildman–Crippen LogP) is 4.71. The van der Waals surface area contributed by atoms with Gasteiger partial charge in [-0.15, -0.1) is 0 Å². The summed E-state index contributed by atoms with van der Waals surface area (Å²) in [5.74, 6) is -1.16. The predicted molar refractivity (Wildman–Crippen MR) is 92.4 cm³/mol. The summed E-state index contributed by atoms with van der Waals surface area (Å²) in [5.41, 5.74) is 2.33. The van der Waals surface area contributed by atoms with Crippen molar-refractivity contribution in [1.82, 2.24) is 15.0 Å². The molecule has 0 radical (unpaired) electrons. The van der Waals surface area contributed by atoms with Crippen molar-refractivity contribution in [2.75, 3.05) is 5.32 Å². The summed E-state index contributed by atoms with van der Waals surface area (Å²) in [6.07, 6.45) is 4.74. The molecule has 0 spiro atoms. The molecule has 25 heavy (non-hydrogen) atoms. The van der Waals surface area contributed by atoms with Gasteiger partial charge in [-0.3, -0.25) is 0 Å². The number of aromatic nitrogens is 3. The Morgan fingerprint density at radius 2 is 1.80 bits per heavy atom. The number of halogens is 2. The van der Waals surface area contributed by atoms with Crippen molar-refractivity contribution in [3.8, 4) is 11.1 Å².